The predicted octanol–water partition coefficient (Wildman–Crippen LogP) is 4.90. The van der Waals surface area contributed by atoms with Crippen molar-refractivity contribution < 1.29 is 19.1 Å². The average molecular weight is 473 g/mol. The number of halogens is 1. The number of carbonyl (C=O) groups excluding carboxylic acids is 2. The summed E-state index contributed by atoms with van der Waals surface area (Å²) < 4.78 is 11.1. The Balaban J connectivity index is 1.73. The standard InChI is InChI=1S/C26H33ClN2O4/c1-18-14-23(12-13-24(18)27)33-17-25(30)29(16-20-8-7-11-22(15-20)32-3)19(2)26(31)28-21-9-5-4-6-10-21/h7-8,11-15,19,21H,4-6,9-10,16-17H2,1-3H3,(H,28,31)/t19-/m0/s1. The van der Waals surface area contributed by atoms with Gasteiger partial charge in [-0.05, 0) is 68.1 Å². The number of hydrogen-bond acceptors (Lipinski definition) is 4. The molecule has 3 rings (SSSR count). The molecule has 0 radical (unpaired) electrons. The molecule has 0 spiro atoms. The third-order valence-electron chi connectivity index (χ3n) is 6.10. The highest BCUT2D eigenvalue weighted by Crippen LogP contribution is 2.22. The van der Waals surface area contributed by atoms with E-state index in [-0.39, 0.29) is 31.0 Å². The van der Waals surface area contributed by atoms with Crippen molar-refractivity contribution in [3.05, 3.63) is 58.6 Å². The number of nitrogens with zero attached hydrogens (tertiary/aromatic N) is 1. The minimum atomic E-state index is -0.638. The molecule has 1 fully saturated rings. The maximum atomic E-state index is 13.2. The molecular formula is C26H33ClN2O4. The van der Waals surface area contributed by atoms with Crippen molar-refractivity contribution in [2.75, 3.05) is 13.7 Å². The lowest BCUT2D eigenvalue weighted by molar-refractivity contribution is -0.142. The molecule has 6 nitrogen and oxygen atoms in total. The van der Waals surface area contributed by atoms with E-state index in [9.17, 15) is 9.59 Å². The summed E-state index contributed by atoms with van der Waals surface area (Å²) in [5.74, 6) is 0.857. The molecule has 1 aliphatic carbocycles. The maximum absolute atomic E-state index is 13.2. The van der Waals surface area contributed by atoms with Gasteiger partial charge in [0.1, 0.15) is 17.5 Å². The van der Waals surface area contributed by atoms with Gasteiger partial charge in [-0.25, -0.2) is 0 Å². The van der Waals surface area contributed by atoms with Gasteiger partial charge in [0, 0.05) is 17.6 Å². The fraction of sp³-hybridized carbons (Fsp3) is 0.462. The molecule has 2 aromatic carbocycles. The van der Waals surface area contributed by atoms with Crippen LogP contribution in [0.25, 0.3) is 0 Å². The molecule has 0 saturated heterocycles. The Morgan fingerprint density at radius 2 is 1.88 bits per heavy atom. The Morgan fingerprint density at radius 1 is 1.12 bits per heavy atom. The van der Waals surface area contributed by atoms with Crippen LogP contribution in [0.2, 0.25) is 5.02 Å². The summed E-state index contributed by atoms with van der Waals surface area (Å²) >= 11 is 6.08. The summed E-state index contributed by atoms with van der Waals surface area (Å²) in [5.41, 5.74) is 1.75. The Morgan fingerprint density at radius 3 is 2.58 bits per heavy atom. The van der Waals surface area contributed by atoms with Crippen molar-refractivity contribution in [2.24, 2.45) is 0 Å². The van der Waals surface area contributed by atoms with E-state index in [0.29, 0.717) is 16.5 Å². The van der Waals surface area contributed by atoms with Gasteiger partial charge < -0.3 is 19.7 Å². The van der Waals surface area contributed by atoms with Gasteiger partial charge in [-0.15, -0.1) is 0 Å². The molecule has 0 aliphatic heterocycles. The molecule has 0 aromatic heterocycles. The van der Waals surface area contributed by atoms with E-state index in [0.717, 1.165) is 36.8 Å². The fourth-order valence-corrected chi connectivity index (χ4v) is 4.17. The van der Waals surface area contributed by atoms with Crippen LogP contribution >= 0.6 is 11.6 Å². The van der Waals surface area contributed by atoms with Gasteiger partial charge in [0.25, 0.3) is 5.91 Å². The smallest absolute Gasteiger partial charge is 0.261 e. The van der Waals surface area contributed by atoms with Crippen LogP contribution in [0.3, 0.4) is 0 Å². The van der Waals surface area contributed by atoms with Crippen LogP contribution in [-0.2, 0) is 16.1 Å². The van der Waals surface area contributed by atoms with Gasteiger partial charge in [0.2, 0.25) is 5.91 Å². The van der Waals surface area contributed by atoms with Gasteiger partial charge in [-0.1, -0.05) is 43.0 Å². The lowest BCUT2D eigenvalue weighted by Gasteiger charge is -2.31. The van der Waals surface area contributed by atoms with Crippen LogP contribution in [0.5, 0.6) is 11.5 Å². The largest absolute Gasteiger partial charge is 0.497 e. The second kappa shape index (κ2) is 11.9. The molecular weight excluding hydrogens is 440 g/mol. The first kappa shape index (κ1) is 24.9. The number of nitrogens with one attached hydrogen (secondary N) is 1. The molecule has 0 bridgehead atoms. The van der Waals surface area contributed by atoms with Crippen LogP contribution < -0.4 is 14.8 Å². The molecule has 0 heterocycles. The summed E-state index contributed by atoms with van der Waals surface area (Å²) in [6, 6.07) is 12.3. The highest BCUT2D eigenvalue weighted by atomic mass is 35.5. The molecule has 33 heavy (non-hydrogen) atoms. The molecule has 1 aliphatic rings. The lowest BCUT2D eigenvalue weighted by Crippen LogP contribution is -2.51. The zero-order valence-corrected chi connectivity index (χ0v) is 20.4. The number of hydrogen-bond donors (Lipinski definition) is 1. The number of aryl methyl sites for hydroxylation is 1. The van der Waals surface area contributed by atoms with Gasteiger partial charge in [-0.2, -0.15) is 0 Å². The molecule has 0 unspecified atom stereocenters. The van der Waals surface area contributed by atoms with E-state index in [4.69, 9.17) is 21.1 Å². The van der Waals surface area contributed by atoms with E-state index in [1.54, 1.807) is 37.1 Å². The Hall–Kier alpha value is -2.73. The molecule has 1 N–H and O–H groups in total. The predicted molar refractivity (Wildman–Crippen MR) is 130 cm³/mol. The van der Waals surface area contributed by atoms with Gasteiger partial charge in [0.05, 0.1) is 7.11 Å². The third kappa shape index (κ3) is 7.13. The molecule has 1 saturated carbocycles. The van der Waals surface area contributed by atoms with E-state index < -0.39 is 6.04 Å². The monoisotopic (exact) mass is 472 g/mol. The fourth-order valence-electron chi connectivity index (χ4n) is 4.05. The molecule has 2 aromatic rings. The lowest BCUT2D eigenvalue weighted by atomic mass is 9.95. The second-order valence-electron chi connectivity index (χ2n) is 8.59. The minimum Gasteiger partial charge on any atom is -0.497 e. The van der Waals surface area contributed by atoms with E-state index in [1.807, 2.05) is 31.2 Å². The highest BCUT2D eigenvalue weighted by Gasteiger charge is 2.28. The highest BCUT2D eigenvalue weighted by molar-refractivity contribution is 6.31. The SMILES string of the molecule is COc1cccc(CN(C(=O)COc2ccc(Cl)c(C)c2)[C@@H](C)C(=O)NC2CCCCC2)c1. The van der Waals surface area contributed by atoms with E-state index in [1.165, 1.54) is 6.42 Å². The van der Waals surface area contributed by atoms with Crippen molar-refractivity contribution in [1.29, 1.82) is 0 Å². The molecule has 7 heteroatoms. The quantitative estimate of drug-likeness (QED) is 0.563. The number of benzene rings is 2. The van der Waals surface area contributed by atoms with E-state index >= 15 is 0 Å². The average Bonchev–Trinajstić information content (AvgIpc) is 2.83. The summed E-state index contributed by atoms with van der Waals surface area (Å²) in [6.07, 6.45) is 5.44. The number of amides is 2. The summed E-state index contributed by atoms with van der Waals surface area (Å²) in [7, 11) is 1.60. The summed E-state index contributed by atoms with van der Waals surface area (Å²) in [5, 5.41) is 3.78. The molecule has 2 amide bonds. The third-order valence-corrected chi connectivity index (χ3v) is 6.52. The van der Waals surface area contributed by atoms with Gasteiger partial charge >= 0.3 is 0 Å². The maximum Gasteiger partial charge on any atom is 0.261 e. The van der Waals surface area contributed by atoms with Crippen LogP contribution in [0.1, 0.15) is 50.2 Å². The second-order valence-corrected chi connectivity index (χ2v) is 9.00. The van der Waals surface area contributed by atoms with Crippen molar-refractivity contribution in [1.82, 2.24) is 10.2 Å². The van der Waals surface area contributed by atoms with Crippen molar-refractivity contribution in [3.8, 4) is 11.5 Å². The van der Waals surface area contributed by atoms with Crippen LogP contribution in [0.15, 0.2) is 42.5 Å². The Labute approximate surface area is 201 Å². The van der Waals surface area contributed by atoms with Crippen molar-refractivity contribution >= 4 is 23.4 Å². The first-order valence-corrected chi connectivity index (χ1v) is 11.9. The Bertz CT molecular complexity index is 959. The first-order chi connectivity index (χ1) is 15.9. The number of methoxy groups -OCH3 is 1. The van der Waals surface area contributed by atoms with Crippen LogP contribution in [0, 0.1) is 6.92 Å². The molecule has 178 valence electrons. The topological polar surface area (TPSA) is 67.9 Å². The van der Waals surface area contributed by atoms with Gasteiger partial charge in [-0.3, -0.25) is 9.59 Å². The van der Waals surface area contributed by atoms with Crippen molar-refractivity contribution in [3.63, 3.8) is 0 Å². The minimum absolute atomic E-state index is 0.138. The zero-order chi connectivity index (χ0) is 23.8. The number of carbonyl (C=O) groups is 2. The zero-order valence-electron chi connectivity index (χ0n) is 19.6. The van der Waals surface area contributed by atoms with Gasteiger partial charge in [0.15, 0.2) is 6.61 Å². The Kier molecular flexibility index (Phi) is 9.01. The molecule has 1 atom stereocenters. The van der Waals surface area contributed by atoms with Crippen molar-refractivity contribution in [2.45, 2.75) is 64.6 Å². The normalized spacial score (nSPS) is 14.9. The first-order valence-electron chi connectivity index (χ1n) is 11.5. The number of rotatable bonds is 9. The summed E-state index contributed by atoms with van der Waals surface area (Å²) in [6.45, 7) is 3.75. The van der Waals surface area contributed by atoms with Crippen LogP contribution in [-0.4, -0.2) is 42.5 Å². The van der Waals surface area contributed by atoms with E-state index in [2.05, 4.69) is 5.32 Å². The number of ether oxygens (including phenoxy) is 2. The summed E-state index contributed by atoms with van der Waals surface area (Å²) in [4.78, 5) is 27.8. The van der Waals surface area contributed by atoms with Crippen LogP contribution in [0.4, 0.5) is 0 Å².